The lowest BCUT2D eigenvalue weighted by atomic mass is 9.63. The first kappa shape index (κ1) is 10.5. The summed E-state index contributed by atoms with van der Waals surface area (Å²) in [6.45, 7) is -0.496. The molecule has 90 valence electrons. The molecule has 2 amide bonds. The van der Waals surface area contributed by atoms with Crippen molar-refractivity contribution in [1.29, 1.82) is 0 Å². The van der Waals surface area contributed by atoms with Gasteiger partial charge >= 0.3 is 5.97 Å². The average molecular weight is 235 g/mol. The number of carboxylic acid groups (broad SMARTS) is 1. The summed E-state index contributed by atoms with van der Waals surface area (Å²) in [7, 11) is 0. The van der Waals surface area contributed by atoms with Crippen molar-refractivity contribution in [2.24, 2.45) is 23.7 Å². The molecular formula is C12H13NO4. The van der Waals surface area contributed by atoms with Crippen molar-refractivity contribution < 1.29 is 19.5 Å². The molecule has 0 spiro atoms. The van der Waals surface area contributed by atoms with Crippen molar-refractivity contribution in [3.05, 3.63) is 12.2 Å². The van der Waals surface area contributed by atoms with Crippen molar-refractivity contribution in [1.82, 2.24) is 4.90 Å². The Morgan fingerprint density at radius 2 is 1.65 bits per heavy atom. The van der Waals surface area contributed by atoms with Gasteiger partial charge in [0, 0.05) is 0 Å². The molecule has 2 bridgehead atoms. The zero-order chi connectivity index (χ0) is 12.2. The van der Waals surface area contributed by atoms with E-state index in [1.165, 1.54) is 0 Å². The third-order valence-electron chi connectivity index (χ3n) is 4.14. The lowest BCUT2D eigenvalue weighted by molar-refractivity contribution is -0.149. The molecule has 0 unspecified atom stereocenters. The Labute approximate surface area is 98.1 Å². The highest BCUT2D eigenvalue weighted by atomic mass is 16.4. The van der Waals surface area contributed by atoms with Crippen LogP contribution in [0.3, 0.4) is 0 Å². The number of imide groups is 1. The van der Waals surface area contributed by atoms with Crippen LogP contribution in [0.4, 0.5) is 0 Å². The maximum absolute atomic E-state index is 12.1. The van der Waals surface area contributed by atoms with Gasteiger partial charge in [-0.25, -0.2) is 0 Å². The number of carbonyl (C=O) groups is 3. The van der Waals surface area contributed by atoms with Crippen LogP contribution in [0, 0.1) is 23.7 Å². The number of hydrogen-bond acceptors (Lipinski definition) is 3. The quantitative estimate of drug-likeness (QED) is 0.550. The van der Waals surface area contributed by atoms with Gasteiger partial charge < -0.3 is 5.11 Å². The van der Waals surface area contributed by atoms with E-state index in [0.29, 0.717) is 0 Å². The first-order chi connectivity index (χ1) is 8.09. The molecule has 1 heterocycles. The third kappa shape index (κ3) is 1.34. The van der Waals surface area contributed by atoms with Crippen molar-refractivity contribution in [3.63, 3.8) is 0 Å². The van der Waals surface area contributed by atoms with Gasteiger partial charge in [-0.1, -0.05) is 12.2 Å². The Kier molecular flexibility index (Phi) is 2.11. The maximum Gasteiger partial charge on any atom is 0.323 e. The number of amides is 2. The van der Waals surface area contributed by atoms with Crippen molar-refractivity contribution in [2.75, 3.05) is 6.54 Å². The molecule has 3 aliphatic carbocycles. The molecule has 4 aliphatic rings. The molecule has 4 rings (SSSR count). The summed E-state index contributed by atoms with van der Waals surface area (Å²) < 4.78 is 0. The molecule has 0 radical (unpaired) electrons. The van der Waals surface area contributed by atoms with Crippen LogP contribution in [0.15, 0.2) is 12.2 Å². The minimum atomic E-state index is -1.13. The van der Waals surface area contributed by atoms with Crippen molar-refractivity contribution in [2.45, 2.75) is 12.8 Å². The predicted molar refractivity (Wildman–Crippen MR) is 56.7 cm³/mol. The van der Waals surface area contributed by atoms with Crippen molar-refractivity contribution in [3.8, 4) is 0 Å². The highest BCUT2D eigenvalue weighted by Gasteiger charge is 2.56. The van der Waals surface area contributed by atoms with Gasteiger partial charge in [-0.2, -0.15) is 0 Å². The summed E-state index contributed by atoms with van der Waals surface area (Å²) in [5.74, 6) is -2.06. The monoisotopic (exact) mass is 235 g/mol. The minimum Gasteiger partial charge on any atom is -0.480 e. The van der Waals surface area contributed by atoms with Gasteiger partial charge in [0.05, 0.1) is 11.8 Å². The van der Waals surface area contributed by atoms with Gasteiger partial charge in [-0.05, 0) is 24.7 Å². The molecule has 4 atom stereocenters. The van der Waals surface area contributed by atoms with Gasteiger partial charge in [-0.3, -0.25) is 19.3 Å². The minimum absolute atomic E-state index is 0.125. The third-order valence-corrected chi connectivity index (χ3v) is 4.14. The van der Waals surface area contributed by atoms with Crippen LogP contribution < -0.4 is 0 Å². The summed E-state index contributed by atoms with van der Waals surface area (Å²) in [6.07, 6.45) is 5.90. The lowest BCUT2D eigenvalue weighted by Gasteiger charge is -2.38. The second kappa shape index (κ2) is 3.42. The fourth-order valence-corrected chi connectivity index (χ4v) is 3.43. The number of hydrogen-bond donors (Lipinski definition) is 1. The number of nitrogens with zero attached hydrogens (tertiary/aromatic N) is 1. The van der Waals surface area contributed by atoms with E-state index in [1.807, 2.05) is 12.2 Å². The van der Waals surface area contributed by atoms with E-state index in [4.69, 9.17) is 5.11 Å². The van der Waals surface area contributed by atoms with Gasteiger partial charge in [0.15, 0.2) is 0 Å². The molecule has 1 N–H and O–H groups in total. The predicted octanol–water partition coefficient (Wildman–Crippen LogP) is 0.268. The first-order valence-corrected chi connectivity index (χ1v) is 5.85. The Morgan fingerprint density at radius 3 is 2.00 bits per heavy atom. The normalized spacial score (nSPS) is 38.7. The lowest BCUT2D eigenvalue weighted by Crippen LogP contribution is -2.38. The molecule has 0 aromatic heterocycles. The van der Waals surface area contributed by atoms with Gasteiger partial charge in [-0.15, -0.1) is 0 Å². The number of aliphatic carboxylic acids is 1. The van der Waals surface area contributed by atoms with Crippen molar-refractivity contribution >= 4 is 17.8 Å². The van der Waals surface area contributed by atoms with E-state index in [0.717, 1.165) is 17.7 Å². The second-order valence-electron chi connectivity index (χ2n) is 5.00. The van der Waals surface area contributed by atoms with Gasteiger partial charge in [0.1, 0.15) is 6.54 Å². The fourth-order valence-electron chi connectivity index (χ4n) is 3.43. The van der Waals surface area contributed by atoms with Gasteiger partial charge in [0.25, 0.3) is 0 Å². The standard InChI is InChI=1S/C12H13NO4/c14-8(15)5-13-11(16)9-6-1-2-7(4-3-6)10(9)12(13)17/h1-2,6-7,9-10H,3-5H2,(H,14,15)/t6-,7-,9-,10+/m0/s1. The molecule has 1 aliphatic heterocycles. The number of carbonyl (C=O) groups excluding carboxylic acids is 2. The molecule has 5 heteroatoms. The zero-order valence-corrected chi connectivity index (χ0v) is 9.20. The van der Waals surface area contributed by atoms with E-state index < -0.39 is 12.5 Å². The Morgan fingerprint density at radius 1 is 1.18 bits per heavy atom. The molecule has 2 fully saturated rings. The summed E-state index contributed by atoms with van der Waals surface area (Å²) in [5, 5.41) is 8.73. The maximum atomic E-state index is 12.1. The molecule has 1 saturated carbocycles. The number of fused-ring (bicyclic) bond motifs is 1. The number of rotatable bonds is 2. The van der Waals surface area contributed by atoms with E-state index in [-0.39, 0.29) is 35.5 Å². The average Bonchev–Trinajstić information content (AvgIpc) is 2.57. The zero-order valence-electron chi connectivity index (χ0n) is 9.20. The van der Waals surface area contributed by atoms with Gasteiger partial charge in [0.2, 0.25) is 11.8 Å². The number of carboxylic acids is 1. The van der Waals surface area contributed by atoms with Crippen LogP contribution in [0.2, 0.25) is 0 Å². The molecule has 1 saturated heterocycles. The van der Waals surface area contributed by atoms with Crippen LogP contribution >= 0.6 is 0 Å². The first-order valence-electron chi connectivity index (χ1n) is 5.85. The summed E-state index contributed by atoms with van der Waals surface area (Å²) in [6, 6.07) is 0. The second-order valence-corrected chi connectivity index (χ2v) is 5.00. The van der Waals surface area contributed by atoms with E-state index >= 15 is 0 Å². The summed E-state index contributed by atoms with van der Waals surface area (Å²) >= 11 is 0. The Balaban J connectivity index is 1.94. The smallest absolute Gasteiger partial charge is 0.323 e. The summed E-state index contributed by atoms with van der Waals surface area (Å²) in [4.78, 5) is 35.8. The van der Waals surface area contributed by atoms with Crippen LogP contribution in [0.25, 0.3) is 0 Å². The summed E-state index contributed by atoms with van der Waals surface area (Å²) in [5.41, 5.74) is 0. The number of likely N-dealkylation sites (tertiary alicyclic amines) is 1. The molecule has 17 heavy (non-hydrogen) atoms. The van der Waals surface area contributed by atoms with E-state index in [2.05, 4.69) is 0 Å². The number of allylic oxidation sites excluding steroid dienone is 2. The highest BCUT2D eigenvalue weighted by Crippen LogP contribution is 2.49. The van der Waals surface area contributed by atoms with E-state index in [1.54, 1.807) is 0 Å². The highest BCUT2D eigenvalue weighted by molar-refractivity contribution is 6.07. The molecule has 5 nitrogen and oxygen atoms in total. The molecule has 0 aromatic carbocycles. The Bertz CT molecular complexity index is 410. The van der Waals surface area contributed by atoms with Crippen LogP contribution in [-0.2, 0) is 14.4 Å². The topological polar surface area (TPSA) is 74.7 Å². The van der Waals surface area contributed by atoms with Crippen LogP contribution in [0.1, 0.15) is 12.8 Å². The fraction of sp³-hybridized carbons (Fsp3) is 0.583. The van der Waals surface area contributed by atoms with Crippen LogP contribution in [-0.4, -0.2) is 34.3 Å². The van der Waals surface area contributed by atoms with Crippen LogP contribution in [0.5, 0.6) is 0 Å². The SMILES string of the molecule is O=C(O)CN1C(=O)[C@@H]2[C@H](C1=O)[C@H]1C=C[C@H]2CC1. The largest absolute Gasteiger partial charge is 0.480 e. The van der Waals surface area contributed by atoms with E-state index in [9.17, 15) is 14.4 Å². The molecular weight excluding hydrogens is 222 g/mol. The molecule has 0 aromatic rings. The Hall–Kier alpha value is -1.65.